The van der Waals surface area contributed by atoms with Gasteiger partial charge in [-0.25, -0.2) is 9.18 Å². The Balaban J connectivity index is 3.64. The molecule has 0 saturated heterocycles. The van der Waals surface area contributed by atoms with Crippen LogP contribution in [0.1, 0.15) is 6.92 Å². The molecule has 0 aromatic carbocycles. The summed E-state index contributed by atoms with van der Waals surface area (Å²) in [4.78, 5) is 12.3. The van der Waals surface area contributed by atoms with E-state index in [1.54, 1.807) is 25.9 Å². The summed E-state index contributed by atoms with van der Waals surface area (Å²) in [7, 11) is 3.40. The molecule has 0 radical (unpaired) electrons. The second-order valence-corrected chi connectivity index (χ2v) is 2.48. The molecule has 3 nitrogen and oxygen atoms in total. The monoisotopic (exact) mass is 163 g/mol. The summed E-state index contributed by atoms with van der Waals surface area (Å²) in [6.07, 6.45) is -1.52. The average molecular weight is 163 g/mol. The van der Waals surface area contributed by atoms with Crippen LogP contribution >= 0.6 is 0 Å². The molecule has 0 aliphatic rings. The average Bonchev–Trinajstić information content (AvgIpc) is 1.86. The SMILES string of the molecule is CCOC(=O)C(F)CN(C)C. The van der Waals surface area contributed by atoms with E-state index in [-0.39, 0.29) is 13.2 Å². The Morgan fingerprint density at radius 3 is 2.55 bits per heavy atom. The molecule has 0 fully saturated rings. The fourth-order valence-electron chi connectivity index (χ4n) is 0.628. The fourth-order valence-corrected chi connectivity index (χ4v) is 0.628. The lowest BCUT2D eigenvalue weighted by molar-refractivity contribution is -0.149. The Hall–Kier alpha value is -0.640. The highest BCUT2D eigenvalue weighted by Gasteiger charge is 2.18. The van der Waals surface area contributed by atoms with Gasteiger partial charge < -0.3 is 9.64 Å². The molecule has 0 amide bonds. The molecule has 0 rings (SSSR count). The van der Waals surface area contributed by atoms with E-state index < -0.39 is 12.1 Å². The fraction of sp³-hybridized carbons (Fsp3) is 0.857. The van der Waals surface area contributed by atoms with Crippen LogP contribution in [0.5, 0.6) is 0 Å². The molecule has 0 aromatic rings. The van der Waals surface area contributed by atoms with Crippen LogP contribution in [0.15, 0.2) is 0 Å². The van der Waals surface area contributed by atoms with Gasteiger partial charge in [0.15, 0.2) is 0 Å². The third-order valence-corrected chi connectivity index (χ3v) is 1.07. The topological polar surface area (TPSA) is 29.5 Å². The van der Waals surface area contributed by atoms with Crippen LogP contribution in [0.3, 0.4) is 0 Å². The van der Waals surface area contributed by atoms with E-state index in [9.17, 15) is 9.18 Å². The van der Waals surface area contributed by atoms with Crippen molar-refractivity contribution in [3.8, 4) is 0 Å². The van der Waals surface area contributed by atoms with E-state index in [0.717, 1.165) is 0 Å². The van der Waals surface area contributed by atoms with E-state index in [1.165, 1.54) is 0 Å². The van der Waals surface area contributed by atoms with Crippen molar-refractivity contribution in [2.75, 3.05) is 27.2 Å². The van der Waals surface area contributed by atoms with Gasteiger partial charge in [-0.05, 0) is 21.0 Å². The number of halogens is 1. The maximum Gasteiger partial charge on any atom is 0.342 e. The minimum atomic E-state index is -1.52. The molecule has 4 heteroatoms. The van der Waals surface area contributed by atoms with Gasteiger partial charge >= 0.3 is 5.97 Å². The number of alkyl halides is 1. The van der Waals surface area contributed by atoms with Crippen molar-refractivity contribution in [2.24, 2.45) is 0 Å². The van der Waals surface area contributed by atoms with Crippen LogP contribution in [-0.2, 0) is 9.53 Å². The highest BCUT2D eigenvalue weighted by molar-refractivity contribution is 5.74. The normalized spacial score (nSPS) is 13.2. The van der Waals surface area contributed by atoms with E-state index in [1.807, 2.05) is 0 Å². The standard InChI is InChI=1S/C7H14FNO2/c1-4-11-7(10)6(8)5-9(2)3/h6H,4-5H2,1-3H3. The number of rotatable bonds is 4. The van der Waals surface area contributed by atoms with Gasteiger partial charge in [-0.15, -0.1) is 0 Å². The zero-order valence-corrected chi connectivity index (χ0v) is 7.13. The first-order valence-corrected chi connectivity index (χ1v) is 3.53. The van der Waals surface area contributed by atoms with Crippen molar-refractivity contribution >= 4 is 5.97 Å². The summed E-state index contributed by atoms with van der Waals surface area (Å²) < 4.78 is 17.2. The van der Waals surface area contributed by atoms with E-state index in [0.29, 0.717) is 0 Å². The van der Waals surface area contributed by atoms with Crippen LogP contribution in [0.4, 0.5) is 4.39 Å². The third kappa shape index (κ3) is 4.72. The van der Waals surface area contributed by atoms with Crippen molar-refractivity contribution in [1.29, 1.82) is 0 Å². The summed E-state index contributed by atoms with van der Waals surface area (Å²) in [5.74, 6) is -0.777. The summed E-state index contributed by atoms with van der Waals surface area (Å²) in [6.45, 7) is 1.96. The molecule has 0 aliphatic heterocycles. The Labute approximate surface area is 66.1 Å². The van der Waals surface area contributed by atoms with Crippen LogP contribution in [-0.4, -0.2) is 44.3 Å². The van der Waals surface area contributed by atoms with Crippen LogP contribution in [0.2, 0.25) is 0 Å². The zero-order chi connectivity index (χ0) is 8.85. The summed E-state index contributed by atoms with van der Waals surface area (Å²) in [5.41, 5.74) is 0. The first-order chi connectivity index (χ1) is 5.07. The molecule has 66 valence electrons. The van der Waals surface area contributed by atoms with Gasteiger partial charge in [0.25, 0.3) is 0 Å². The lowest BCUT2D eigenvalue weighted by Gasteiger charge is -2.12. The lowest BCUT2D eigenvalue weighted by Crippen LogP contribution is -2.30. The van der Waals surface area contributed by atoms with Crippen molar-refractivity contribution < 1.29 is 13.9 Å². The minimum absolute atomic E-state index is 0.0822. The predicted molar refractivity (Wildman–Crippen MR) is 40.1 cm³/mol. The highest BCUT2D eigenvalue weighted by atomic mass is 19.1. The molecular weight excluding hydrogens is 149 g/mol. The van der Waals surface area contributed by atoms with Gasteiger partial charge in [0, 0.05) is 6.54 Å². The van der Waals surface area contributed by atoms with Gasteiger partial charge in [0.2, 0.25) is 6.17 Å². The molecule has 0 aliphatic carbocycles. The quantitative estimate of drug-likeness (QED) is 0.563. The smallest absolute Gasteiger partial charge is 0.342 e. The van der Waals surface area contributed by atoms with E-state index in [2.05, 4.69) is 4.74 Å². The molecule has 0 aromatic heterocycles. The maximum absolute atomic E-state index is 12.7. The van der Waals surface area contributed by atoms with Gasteiger partial charge in [-0.1, -0.05) is 0 Å². The van der Waals surface area contributed by atoms with Crippen molar-refractivity contribution in [3.05, 3.63) is 0 Å². The number of carbonyl (C=O) groups excluding carboxylic acids is 1. The first-order valence-electron chi connectivity index (χ1n) is 3.53. The largest absolute Gasteiger partial charge is 0.464 e. The molecule has 0 heterocycles. The molecule has 1 unspecified atom stereocenters. The van der Waals surface area contributed by atoms with Gasteiger partial charge in [-0.2, -0.15) is 0 Å². The number of ether oxygens (including phenoxy) is 1. The number of hydrogen-bond donors (Lipinski definition) is 0. The minimum Gasteiger partial charge on any atom is -0.464 e. The second kappa shape index (κ2) is 5.07. The van der Waals surface area contributed by atoms with Crippen LogP contribution in [0.25, 0.3) is 0 Å². The van der Waals surface area contributed by atoms with Crippen molar-refractivity contribution in [2.45, 2.75) is 13.1 Å². The number of carbonyl (C=O) groups is 1. The summed E-state index contributed by atoms with van der Waals surface area (Å²) >= 11 is 0. The predicted octanol–water partition coefficient (Wildman–Crippen LogP) is 0.449. The zero-order valence-electron chi connectivity index (χ0n) is 7.13. The Morgan fingerprint density at radius 2 is 2.18 bits per heavy atom. The molecule has 1 atom stereocenters. The van der Waals surface area contributed by atoms with E-state index in [4.69, 9.17) is 0 Å². The van der Waals surface area contributed by atoms with E-state index >= 15 is 0 Å². The molecule has 0 bridgehead atoms. The molecule has 11 heavy (non-hydrogen) atoms. The van der Waals surface area contributed by atoms with Gasteiger partial charge in [-0.3, -0.25) is 0 Å². The number of nitrogens with zero attached hydrogens (tertiary/aromatic N) is 1. The maximum atomic E-state index is 12.7. The molecule has 0 spiro atoms. The van der Waals surface area contributed by atoms with Gasteiger partial charge in [0.1, 0.15) is 0 Å². The third-order valence-electron chi connectivity index (χ3n) is 1.07. The second-order valence-electron chi connectivity index (χ2n) is 2.48. The first kappa shape index (κ1) is 10.4. The molecular formula is C7H14FNO2. The Kier molecular flexibility index (Phi) is 4.77. The van der Waals surface area contributed by atoms with Gasteiger partial charge in [0.05, 0.1) is 6.61 Å². The summed E-state index contributed by atoms with van der Waals surface area (Å²) in [6, 6.07) is 0. The van der Waals surface area contributed by atoms with Crippen molar-refractivity contribution in [1.82, 2.24) is 4.90 Å². The summed E-state index contributed by atoms with van der Waals surface area (Å²) in [5, 5.41) is 0. The Morgan fingerprint density at radius 1 is 1.64 bits per heavy atom. The Bertz CT molecular complexity index is 128. The number of esters is 1. The van der Waals surface area contributed by atoms with Crippen molar-refractivity contribution in [3.63, 3.8) is 0 Å². The molecule has 0 N–H and O–H groups in total. The van der Waals surface area contributed by atoms with Crippen LogP contribution < -0.4 is 0 Å². The highest BCUT2D eigenvalue weighted by Crippen LogP contribution is 1.95. The van der Waals surface area contributed by atoms with Crippen LogP contribution in [0, 0.1) is 0 Å². The number of hydrogen-bond acceptors (Lipinski definition) is 3. The molecule has 0 saturated carbocycles. The lowest BCUT2D eigenvalue weighted by atomic mass is 10.4.